The molecule has 1 fully saturated rings. The van der Waals surface area contributed by atoms with E-state index in [1.165, 1.54) is 16.3 Å². The van der Waals surface area contributed by atoms with Crippen molar-refractivity contribution in [3.05, 3.63) is 143 Å². The fourth-order valence-electron chi connectivity index (χ4n) is 6.23. The normalized spacial score (nSPS) is 21.0. The molecular formula is C39H42N2O3. The monoisotopic (exact) mass is 586 g/mol. The first-order valence-electron chi connectivity index (χ1n) is 15.5. The zero-order valence-electron chi connectivity index (χ0n) is 25.8. The van der Waals surface area contributed by atoms with E-state index in [-0.39, 0.29) is 30.8 Å². The second kappa shape index (κ2) is 13.4. The van der Waals surface area contributed by atoms with Crippen molar-refractivity contribution in [2.45, 2.75) is 51.5 Å². The molecule has 1 aliphatic rings. The summed E-state index contributed by atoms with van der Waals surface area (Å²) in [7, 11) is 2.18. The summed E-state index contributed by atoms with van der Waals surface area (Å²) in [5, 5.41) is 12.1. The lowest BCUT2D eigenvalue weighted by atomic mass is 9.89. The lowest BCUT2D eigenvalue weighted by molar-refractivity contribution is -0.276. The van der Waals surface area contributed by atoms with E-state index in [9.17, 15) is 5.11 Å². The van der Waals surface area contributed by atoms with E-state index in [0.717, 1.165) is 39.9 Å². The number of rotatable bonds is 9. The van der Waals surface area contributed by atoms with Crippen molar-refractivity contribution in [2.75, 3.05) is 13.6 Å². The summed E-state index contributed by atoms with van der Waals surface area (Å²) >= 11 is 0. The van der Waals surface area contributed by atoms with Crippen molar-refractivity contribution in [2.24, 2.45) is 11.7 Å². The number of aliphatic hydroxyl groups excluding tert-OH is 1. The molecular weight excluding hydrogens is 544 g/mol. The number of likely N-dealkylation sites (N-methyl/N-ethyl adjacent to an activating group) is 1. The van der Waals surface area contributed by atoms with Crippen molar-refractivity contribution >= 4 is 10.8 Å². The number of nitrogens with two attached hydrogens (primary N) is 1. The summed E-state index contributed by atoms with van der Waals surface area (Å²) in [5.41, 5.74) is 13.5. The van der Waals surface area contributed by atoms with Gasteiger partial charge in [0, 0.05) is 30.6 Å². The van der Waals surface area contributed by atoms with E-state index in [2.05, 4.69) is 123 Å². The van der Waals surface area contributed by atoms with Gasteiger partial charge in [0.1, 0.15) is 0 Å². The van der Waals surface area contributed by atoms with Crippen molar-refractivity contribution in [1.29, 1.82) is 0 Å². The van der Waals surface area contributed by atoms with Crippen LogP contribution in [0.2, 0.25) is 0 Å². The summed E-state index contributed by atoms with van der Waals surface area (Å²) in [6, 6.07) is 40.3. The van der Waals surface area contributed by atoms with E-state index in [1.54, 1.807) is 0 Å². The average Bonchev–Trinajstić information content (AvgIpc) is 3.08. The van der Waals surface area contributed by atoms with Crippen LogP contribution in [0.25, 0.3) is 21.9 Å². The highest BCUT2D eigenvalue weighted by Gasteiger charge is 2.39. The fourth-order valence-corrected chi connectivity index (χ4v) is 6.23. The first-order chi connectivity index (χ1) is 21.4. The molecule has 1 aliphatic heterocycles. The molecule has 0 radical (unpaired) electrons. The zero-order valence-corrected chi connectivity index (χ0v) is 25.8. The van der Waals surface area contributed by atoms with Gasteiger partial charge in [-0.15, -0.1) is 0 Å². The maximum atomic E-state index is 9.62. The van der Waals surface area contributed by atoms with Gasteiger partial charge in [-0.1, -0.05) is 104 Å². The van der Waals surface area contributed by atoms with Crippen LogP contribution in [0.4, 0.5) is 0 Å². The van der Waals surface area contributed by atoms with Crippen LogP contribution in [-0.2, 0) is 22.6 Å². The number of hydrogen-bond donors (Lipinski definition) is 2. The quantitative estimate of drug-likeness (QED) is 0.184. The maximum absolute atomic E-state index is 9.62. The third-order valence-electron chi connectivity index (χ3n) is 9.16. The molecule has 5 atom stereocenters. The van der Waals surface area contributed by atoms with Crippen molar-refractivity contribution in [3.63, 3.8) is 0 Å². The van der Waals surface area contributed by atoms with Gasteiger partial charge in [-0.25, -0.2) is 0 Å². The minimum absolute atomic E-state index is 0.0192. The van der Waals surface area contributed by atoms with Crippen LogP contribution in [0.15, 0.2) is 115 Å². The molecule has 0 aromatic heterocycles. The van der Waals surface area contributed by atoms with Gasteiger partial charge < -0.3 is 20.3 Å². The van der Waals surface area contributed by atoms with E-state index < -0.39 is 6.29 Å². The molecule has 3 N–H and O–H groups in total. The molecule has 0 saturated carbocycles. The first kappa shape index (κ1) is 30.2. The molecule has 0 amide bonds. The highest BCUT2D eigenvalue weighted by molar-refractivity contribution is 5.83. The molecule has 6 rings (SSSR count). The molecule has 226 valence electrons. The Bertz CT molecular complexity index is 1700. The van der Waals surface area contributed by atoms with Gasteiger partial charge in [0.2, 0.25) is 0 Å². The summed E-state index contributed by atoms with van der Waals surface area (Å²) in [5.74, 6) is 0.0990. The third-order valence-corrected chi connectivity index (χ3v) is 9.16. The minimum Gasteiger partial charge on any atom is -0.392 e. The Balaban J connectivity index is 1.29. The second-order valence-electron chi connectivity index (χ2n) is 12.1. The maximum Gasteiger partial charge on any atom is 0.184 e. The van der Waals surface area contributed by atoms with Gasteiger partial charge in [0.05, 0.1) is 18.8 Å². The van der Waals surface area contributed by atoms with Crippen molar-refractivity contribution in [1.82, 2.24) is 4.90 Å². The topological polar surface area (TPSA) is 68.0 Å². The molecule has 44 heavy (non-hydrogen) atoms. The van der Waals surface area contributed by atoms with Crippen LogP contribution < -0.4 is 5.73 Å². The van der Waals surface area contributed by atoms with E-state index in [0.29, 0.717) is 6.54 Å². The Kier molecular flexibility index (Phi) is 9.22. The summed E-state index contributed by atoms with van der Waals surface area (Å²) in [6.07, 6.45) is -0.769. The predicted molar refractivity (Wildman–Crippen MR) is 178 cm³/mol. The lowest BCUT2D eigenvalue weighted by Crippen LogP contribution is -2.44. The van der Waals surface area contributed by atoms with Gasteiger partial charge in [-0.2, -0.15) is 0 Å². The number of nitrogens with zero attached hydrogens (tertiary/aromatic N) is 1. The molecule has 5 aromatic rings. The first-order valence-corrected chi connectivity index (χ1v) is 15.5. The highest BCUT2D eigenvalue weighted by atomic mass is 16.7. The molecule has 5 aromatic carbocycles. The molecule has 5 heteroatoms. The average molecular weight is 587 g/mol. The zero-order chi connectivity index (χ0) is 30.6. The van der Waals surface area contributed by atoms with E-state index in [1.807, 2.05) is 18.2 Å². The van der Waals surface area contributed by atoms with E-state index in [4.69, 9.17) is 15.2 Å². The van der Waals surface area contributed by atoms with Crippen LogP contribution in [-0.4, -0.2) is 29.7 Å². The standard InChI is InChI=1S/C39H42N2O3/c1-26-37(24-41(3)27(2)32-19-18-30-9-4-5-10-34(30)21-32)43-39(44-38(26)31-16-14-28(25-42)15-17-31)36-13-7-12-35(22-36)33-11-6-8-29(20-33)23-40/h4-22,26-27,37-39,42H,23-25,40H2,1-3H3. The van der Waals surface area contributed by atoms with Gasteiger partial charge in [-0.3, -0.25) is 4.90 Å². The Labute approximate surface area is 260 Å². The molecule has 1 saturated heterocycles. The third kappa shape index (κ3) is 6.48. The van der Waals surface area contributed by atoms with Crippen molar-refractivity contribution < 1.29 is 14.6 Å². The lowest BCUT2D eigenvalue weighted by Gasteiger charge is -2.43. The Hall–Kier alpha value is -3.84. The molecule has 5 nitrogen and oxygen atoms in total. The Morgan fingerprint density at radius 3 is 2.23 bits per heavy atom. The highest BCUT2D eigenvalue weighted by Crippen LogP contribution is 2.43. The Morgan fingerprint density at radius 2 is 1.48 bits per heavy atom. The summed E-state index contributed by atoms with van der Waals surface area (Å²) in [6.45, 7) is 5.75. The molecule has 1 heterocycles. The number of hydrogen-bond acceptors (Lipinski definition) is 5. The van der Waals surface area contributed by atoms with Crippen molar-refractivity contribution in [3.8, 4) is 11.1 Å². The second-order valence-corrected chi connectivity index (χ2v) is 12.1. The molecule has 0 bridgehead atoms. The van der Waals surface area contributed by atoms with Crippen LogP contribution in [0.1, 0.15) is 60.1 Å². The van der Waals surface area contributed by atoms with E-state index >= 15 is 0 Å². The Morgan fingerprint density at radius 1 is 0.750 bits per heavy atom. The largest absolute Gasteiger partial charge is 0.392 e. The van der Waals surface area contributed by atoms with Crippen LogP contribution in [0, 0.1) is 5.92 Å². The number of aliphatic hydroxyl groups is 1. The van der Waals surface area contributed by atoms with Gasteiger partial charge in [0.25, 0.3) is 0 Å². The molecule has 0 aliphatic carbocycles. The van der Waals surface area contributed by atoms with Crippen LogP contribution >= 0.6 is 0 Å². The fraction of sp³-hybridized carbons (Fsp3) is 0.282. The SMILES string of the molecule is CC1C(CN(C)C(C)c2ccc3ccccc3c2)OC(c2cccc(-c3cccc(CN)c3)c2)OC1c1ccc(CO)cc1. The summed E-state index contributed by atoms with van der Waals surface area (Å²) in [4.78, 5) is 2.38. The number of benzene rings is 5. The summed E-state index contributed by atoms with van der Waals surface area (Å²) < 4.78 is 13.6. The van der Waals surface area contributed by atoms with Gasteiger partial charge in [-0.05, 0) is 76.3 Å². The predicted octanol–water partition coefficient (Wildman–Crippen LogP) is 7.94. The number of fused-ring (bicyclic) bond motifs is 1. The van der Waals surface area contributed by atoms with Crippen LogP contribution in [0.5, 0.6) is 0 Å². The smallest absolute Gasteiger partial charge is 0.184 e. The van der Waals surface area contributed by atoms with Gasteiger partial charge in [0.15, 0.2) is 6.29 Å². The number of ether oxygens (including phenoxy) is 2. The molecule has 5 unspecified atom stereocenters. The molecule has 0 spiro atoms. The minimum atomic E-state index is -0.527. The van der Waals surface area contributed by atoms with Crippen LogP contribution in [0.3, 0.4) is 0 Å². The van der Waals surface area contributed by atoms with Gasteiger partial charge >= 0.3 is 0 Å².